The highest BCUT2D eigenvalue weighted by Gasteiger charge is 2.54. The quantitative estimate of drug-likeness (QED) is 0.616. The largest absolute Gasteiger partial charge is 0.501 e. The Kier molecular flexibility index (Phi) is 6.25. The zero-order valence-corrected chi connectivity index (χ0v) is 18.8. The lowest BCUT2D eigenvalue weighted by Crippen LogP contribution is -2.61. The number of hydrogen-bond acceptors (Lipinski definition) is 7. The fourth-order valence-corrected chi connectivity index (χ4v) is 3.97. The standard InChI is InChI=1S/C23H25N5O5/c1-4-28-21-20(15(3)25-28)26(23(31)27(22(21)30)13-18-7-6-12-33-18)14-19(29)24-16-8-10-17(11-9-16)32-5-2/h6-12,21H,4-5,13-14H2,1-3H3/p+1. The van der Waals surface area contributed by atoms with Gasteiger partial charge in [0, 0.05) is 12.2 Å². The second-order valence-electron chi connectivity index (χ2n) is 7.61. The van der Waals surface area contributed by atoms with Crippen LogP contribution in [0.3, 0.4) is 0 Å². The number of hydrazone groups is 1. The van der Waals surface area contributed by atoms with Gasteiger partial charge in [0.2, 0.25) is 6.04 Å². The molecule has 172 valence electrons. The van der Waals surface area contributed by atoms with Crippen molar-refractivity contribution < 1.29 is 28.1 Å². The molecule has 1 N–H and O–H groups in total. The molecule has 2 aliphatic heterocycles. The second kappa shape index (κ2) is 9.27. The van der Waals surface area contributed by atoms with Gasteiger partial charge in [-0.15, -0.1) is 0 Å². The molecule has 33 heavy (non-hydrogen) atoms. The zero-order valence-electron chi connectivity index (χ0n) is 18.8. The molecule has 0 fully saturated rings. The highest BCUT2D eigenvalue weighted by Crippen LogP contribution is 2.23. The third-order valence-corrected chi connectivity index (χ3v) is 5.43. The summed E-state index contributed by atoms with van der Waals surface area (Å²) in [6.07, 6.45) is 1.48. The van der Waals surface area contributed by atoms with Gasteiger partial charge in [-0.3, -0.25) is 9.80 Å². The summed E-state index contributed by atoms with van der Waals surface area (Å²) in [7, 11) is 0. The Morgan fingerprint density at radius 3 is 2.61 bits per heavy atom. The number of nitrogens with zero attached hydrogens (tertiary/aromatic N) is 4. The van der Waals surface area contributed by atoms with Crippen LogP contribution in [0.1, 0.15) is 26.5 Å². The maximum Gasteiger partial charge on any atom is 0.501 e. The average molecular weight is 452 g/mol. The Morgan fingerprint density at radius 1 is 1.21 bits per heavy atom. The summed E-state index contributed by atoms with van der Waals surface area (Å²) in [5.41, 5.74) is 1.55. The van der Waals surface area contributed by atoms with Crippen LogP contribution in [0.15, 0.2) is 52.2 Å². The predicted octanol–water partition coefficient (Wildman–Crippen LogP) is 2.31. The smallest absolute Gasteiger partial charge is 0.494 e. The molecule has 1 atom stereocenters. The summed E-state index contributed by atoms with van der Waals surface area (Å²) >= 11 is 0. The number of ether oxygens (including phenoxy) is 1. The van der Waals surface area contributed by atoms with Crippen LogP contribution in [0, 0.1) is 0 Å². The number of benzene rings is 1. The van der Waals surface area contributed by atoms with Gasteiger partial charge in [0.25, 0.3) is 5.91 Å². The number of carbonyl (C=O) groups excluding carboxylic acids is 3. The lowest BCUT2D eigenvalue weighted by Gasteiger charge is -2.27. The number of imide groups is 1. The van der Waals surface area contributed by atoms with Gasteiger partial charge in [0.1, 0.15) is 17.2 Å². The van der Waals surface area contributed by atoms with Crippen molar-refractivity contribution in [2.45, 2.75) is 33.4 Å². The third kappa shape index (κ3) is 4.36. The Balaban J connectivity index is 1.60. The Bertz CT molecular complexity index is 1120. The maximum atomic E-state index is 13.3. The molecule has 2 aromatic rings. The number of rotatable bonds is 8. The number of anilines is 1. The fourth-order valence-electron chi connectivity index (χ4n) is 3.97. The first-order valence-corrected chi connectivity index (χ1v) is 10.8. The van der Waals surface area contributed by atoms with Crippen LogP contribution in [0.4, 0.5) is 10.5 Å². The van der Waals surface area contributed by atoms with E-state index < -0.39 is 23.9 Å². The molecule has 1 unspecified atom stereocenters. The Hall–Kier alpha value is -3.95. The molecule has 0 saturated heterocycles. The van der Waals surface area contributed by atoms with Gasteiger partial charge in [-0.25, -0.2) is 4.79 Å². The molecule has 0 radical (unpaired) electrons. The summed E-state index contributed by atoms with van der Waals surface area (Å²) in [6.45, 7) is 6.25. The molecular weight excluding hydrogens is 426 g/mol. The van der Waals surface area contributed by atoms with E-state index in [1.807, 2.05) is 13.8 Å². The van der Waals surface area contributed by atoms with E-state index in [0.717, 1.165) is 4.90 Å². The van der Waals surface area contributed by atoms with Gasteiger partial charge in [-0.05, 0) is 57.2 Å². The monoisotopic (exact) mass is 452 g/mol. The molecule has 1 aromatic carbocycles. The minimum atomic E-state index is -0.763. The van der Waals surface area contributed by atoms with Crippen molar-refractivity contribution >= 4 is 35.0 Å². The lowest BCUT2D eigenvalue weighted by atomic mass is 10.0. The number of urea groups is 1. The molecule has 3 heterocycles. The van der Waals surface area contributed by atoms with Crippen molar-refractivity contribution in [3.8, 4) is 5.75 Å². The zero-order chi connectivity index (χ0) is 23.5. The number of fused-ring (bicyclic) bond motifs is 1. The molecule has 4 rings (SSSR count). The number of amides is 4. The van der Waals surface area contributed by atoms with E-state index in [1.165, 1.54) is 10.8 Å². The van der Waals surface area contributed by atoms with E-state index in [4.69, 9.17) is 9.15 Å². The molecule has 2 aliphatic rings. The van der Waals surface area contributed by atoms with E-state index in [-0.39, 0.29) is 13.1 Å². The van der Waals surface area contributed by atoms with Crippen molar-refractivity contribution in [1.29, 1.82) is 0 Å². The maximum absolute atomic E-state index is 13.3. The van der Waals surface area contributed by atoms with Crippen LogP contribution >= 0.6 is 0 Å². The highest BCUT2D eigenvalue weighted by atomic mass is 16.5. The van der Waals surface area contributed by atoms with Gasteiger partial charge < -0.3 is 14.5 Å². The van der Waals surface area contributed by atoms with Crippen molar-refractivity contribution in [2.75, 3.05) is 25.0 Å². The molecule has 10 nitrogen and oxygen atoms in total. The SMILES string of the molecule is CCOc1ccc(NC(=O)C[N+]2=C3C(C)=NN(CC)C3C(=O)N(Cc3ccco3)C2=O)cc1. The van der Waals surface area contributed by atoms with E-state index in [2.05, 4.69) is 10.4 Å². The highest BCUT2D eigenvalue weighted by molar-refractivity contribution is 6.48. The summed E-state index contributed by atoms with van der Waals surface area (Å²) in [4.78, 5) is 40.6. The first kappa shape index (κ1) is 22.3. The van der Waals surface area contributed by atoms with Crippen LogP contribution in [-0.2, 0) is 16.1 Å². The van der Waals surface area contributed by atoms with Crippen LogP contribution < -0.4 is 10.1 Å². The van der Waals surface area contributed by atoms with Gasteiger partial charge >= 0.3 is 11.9 Å². The van der Waals surface area contributed by atoms with Gasteiger partial charge in [-0.1, -0.05) is 0 Å². The Morgan fingerprint density at radius 2 is 1.97 bits per heavy atom. The number of hydrogen-bond donors (Lipinski definition) is 1. The number of carbonyl (C=O) groups is 3. The molecule has 0 spiro atoms. The minimum absolute atomic E-state index is 0.0257. The molecule has 10 heteroatoms. The van der Waals surface area contributed by atoms with Crippen molar-refractivity contribution in [3.63, 3.8) is 0 Å². The normalized spacial score (nSPS) is 17.9. The lowest BCUT2D eigenvalue weighted by molar-refractivity contribution is -0.427. The van der Waals surface area contributed by atoms with E-state index in [9.17, 15) is 14.4 Å². The van der Waals surface area contributed by atoms with E-state index >= 15 is 0 Å². The second-order valence-corrected chi connectivity index (χ2v) is 7.61. The molecule has 4 amide bonds. The molecule has 0 aliphatic carbocycles. The summed E-state index contributed by atoms with van der Waals surface area (Å²) in [5, 5.41) is 8.86. The topological polar surface area (TPSA) is 107 Å². The van der Waals surface area contributed by atoms with E-state index in [1.54, 1.807) is 48.3 Å². The van der Waals surface area contributed by atoms with Gasteiger partial charge in [0.05, 0.1) is 12.9 Å². The average Bonchev–Trinajstić information content (AvgIpc) is 3.43. The van der Waals surface area contributed by atoms with Gasteiger partial charge in [-0.2, -0.15) is 19.4 Å². The van der Waals surface area contributed by atoms with Crippen molar-refractivity contribution in [3.05, 3.63) is 48.4 Å². The van der Waals surface area contributed by atoms with E-state index in [0.29, 0.717) is 41.8 Å². The van der Waals surface area contributed by atoms with Crippen LogP contribution in [0.25, 0.3) is 0 Å². The van der Waals surface area contributed by atoms with Crippen LogP contribution in [0.2, 0.25) is 0 Å². The number of likely N-dealkylation sites (N-methyl/N-ethyl adjacent to an activating group) is 1. The Labute approximate surface area is 191 Å². The molecular formula is C23H26N5O5+. The summed E-state index contributed by atoms with van der Waals surface area (Å²) in [5.74, 6) is 0.382. The minimum Gasteiger partial charge on any atom is -0.494 e. The van der Waals surface area contributed by atoms with Crippen molar-refractivity contribution in [2.24, 2.45) is 5.10 Å². The van der Waals surface area contributed by atoms with Crippen LogP contribution in [0.5, 0.6) is 5.75 Å². The number of furan rings is 1. The first-order valence-electron chi connectivity index (χ1n) is 10.8. The molecule has 0 saturated carbocycles. The van der Waals surface area contributed by atoms with Gasteiger partial charge in [0.15, 0.2) is 18.8 Å². The first-order chi connectivity index (χ1) is 15.9. The molecule has 1 aromatic heterocycles. The predicted molar refractivity (Wildman–Crippen MR) is 120 cm³/mol. The summed E-state index contributed by atoms with van der Waals surface area (Å²) in [6, 6.07) is 9.00. The number of nitrogens with one attached hydrogen (secondary N) is 1. The third-order valence-electron chi connectivity index (χ3n) is 5.43. The van der Waals surface area contributed by atoms with Crippen molar-refractivity contribution in [1.82, 2.24) is 9.91 Å². The van der Waals surface area contributed by atoms with Crippen LogP contribution in [-0.4, -0.2) is 69.5 Å². The summed E-state index contributed by atoms with van der Waals surface area (Å²) < 4.78 is 12.1. The fraction of sp³-hybridized carbons (Fsp3) is 0.348. The molecule has 0 bridgehead atoms.